The van der Waals surface area contributed by atoms with Crippen LogP contribution in [0.15, 0.2) is 68.7 Å². The summed E-state index contributed by atoms with van der Waals surface area (Å²) in [6.45, 7) is 4.47. The number of H-pyrrole nitrogens is 1. The summed E-state index contributed by atoms with van der Waals surface area (Å²) in [7, 11) is 0. The number of aromatic amines is 1. The van der Waals surface area contributed by atoms with Crippen molar-refractivity contribution in [3.05, 3.63) is 108 Å². The summed E-state index contributed by atoms with van der Waals surface area (Å²) in [5, 5.41) is 13.9. The SMILES string of the molecule is Cc1cc(-n2nc(C(=O)N3CCN(Cc4ccccc4C(F)(F)F)CC3)c(=O)[nH]c2=O)cc(C)c1Oc1ccc(O)c(Br)c1. The Balaban J connectivity index is 1.33. The van der Waals surface area contributed by atoms with Crippen LogP contribution in [-0.4, -0.2) is 61.8 Å². The number of nitrogens with one attached hydrogen (secondary N) is 1. The van der Waals surface area contributed by atoms with Crippen molar-refractivity contribution in [2.75, 3.05) is 26.2 Å². The van der Waals surface area contributed by atoms with E-state index in [1.54, 1.807) is 49.1 Å². The highest BCUT2D eigenvalue weighted by Gasteiger charge is 2.34. The second kappa shape index (κ2) is 12.3. The van der Waals surface area contributed by atoms with Gasteiger partial charge in [0.05, 0.1) is 15.7 Å². The monoisotopic (exact) mass is 673 g/mol. The van der Waals surface area contributed by atoms with E-state index >= 15 is 0 Å². The molecule has 0 spiro atoms. The molecule has 0 bridgehead atoms. The largest absolute Gasteiger partial charge is 0.507 e. The third kappa shape index (κ3) is 6.55. The number of nitrogens with zero attached hydrogens (tertiary/aromatic N) is 4. The van der Waals surface area contributed by atoms with Gasteiger partial charge >= 0.3 is 11.9 Å². The maximum absolute atomic E-state index is 13.4. The van der Waals surface area contributed by atoms with E-state index in [1.165, 1.54) is 23.1 Å². The Morgan fingerprint density at radius 3 is 2.32 bits per heavy atom. The van der Waals surface area contributed by atoms with Crippen LogP contribution in [0.25, 0.3) is 5.69 Å². The molecule has 1 fully saturated rings. The molecule has 0 unspecified atom stereocenters. The van der Waals surface area contributed by atoms with E-state index < -0.39 is 34.6 Å². The maximum Gasteiger partial charge on any atom is 0.416 e. The highest BCUT2D eigenvalue weighted by molar-refractivity contribution is 9.10. The highest BCUT2D eigenvalue weighted by Crippen LogP contribution is 2.35. The quantitative estimate of drug-likeness (QED) is 0.302. The summed E-state index contributed by atoms with van der Waals surface area (Å²) < 4.78 is 47.6. The van der Waals surface area contributed by atoms with Gasteiger partial charge in [0.15, 0.2) is 0 Å². The maximum atomic E-state index is 13.4. The van der Waals surface area contributed by atoms with Crippen molar-refractivity contribution >= 4 is 21.8 Å². The summed E-state index contributed by atoms with van der Waals surface area (Å²) in [6, 6.07) is 13.3. The van der Waals surface area contributed by atoms with Crippen molar-refractivity contribution < 1.29 is 27.8 Å². The van der Waals surface area contributed by atoms with Crippen LogP contribution in [0.5, 0.6) is 17.2 Å². The number of aromatic hydroxyl groups is 1. The molecule has 0 aliphatic carbocycles. The molecule has 1 aromatic heterocycles. The Labute approximate surface area is 257 Å². The number of rotatable bonds is 6. The van der Waals surface area contributed by atoms with Crippen LogP contribution in [-0.2, 0) is 12.7 Å². The molecule has 0 saturated carbocycles. The van der Waals surface area contributed by atoms with Gasteiger partial charge < -0.3 is 14.7 Å². The number of benzene rings is 3. The number of aromatic nitrogens is 3. The summed E-state index contributed by atoms with van der Waals surface area (Å²) in [5.41, 5.74) is -1.25. The number of amides is 1. The minimum atomic E-state index is -4.47. The lowest BCUT2D eigenvalue weighted by Crippen LogP contribution is -2.50. The number of halogens is 4. The molecule has 44 heavy (non-hydrogen) atoms. The summed E-state index contributed by atoms with van der Waals surface area (Å²) >= 11 is 3.25. The van der Waals surface area contributed by atoms with E-state index in [0.29, 0.717) is 32.8 Å². The molecule has 3 aromatic carbocycles. The Morgan fingerprint density at radius 1 is 1.02 bits per heavy atom. The van der Waals surface area contributed by atoms with E-state index in [1.807, 2.05) is 0 Å². The predicted octanol–water partition coefficient (Wildman–Crippen LogP) is 4.77. The van der Waals surface area contributed by atoms with Gasteiger partial charge in [-0.05, 0) is 82.9 Å². The van der Waals surface area contributed by atoms with Gasteiger partial charge in [-0.25, -0.2) is 4.79 Å². The fourth-order valence-electron chi connectivity index (χ4n) is 5.03. The number of carbonyl (C=O) groups excluding carboxylic acids is 1. The molecule has 5 rings (SSSR count). The lowest BCUT2D eigenvalue weighted by molar-refractivity contribution is -0.138. The zero-order chi connectivity index (χ0) is 31.8. The molecular weight excluding hydrogens is 647 g/mol. The standard InChI is InChI=1S/C30H27BrF3N5O5/c1-17-13-20(14-18(2)26(17)44-21-7-8-24(40)23(31)15-21)39-29(43)35-27(41)25(36-39)28(42)38-11-9-37(10-12-38)16-19-5-3-4-6-22(19)30(32,33)34/h3-8,13-15,40H,9-12,16H2,1-2H3,(H,35,41,43). The van der Waals surface area contributed by atoms with E-state index in [0.717, 1.165) is 10.7 Å². The third-order valence-corrected chi connectivity index (χ3v) is 7.87. The number of ether oxygens (including phenoxy) is 1. The average Bonchev–Trinajstić information content (AvgIpc) is 2.96. The van der Waals surface area contributed by atoms with Crippen LogP contribution in [0, 0.1) is 13.8 Å². The smallest absolute Gasteiger partial charge is 0.416 e. The molecule has 0 atom stereocenters. The van der Waals surface area contributed by atoms with E-state index in [4.69, 9.17) is 4.74 Å². The average molecular weight is 674 g/mol. The van der Waals surface area contributed by atoms with Crippen molar-refractivity contribution in [3.63, 3.8) is 0 Å². The van der Waals surface area contributed by atoms with E-state index in [-0.39, 0.29) is 44.0 Å². The first-order valence-corrected chi connectivity index (χ1v) is 14.3. The Morgan fingerprint density at radius 2 is 1.68 bits per heavy atom. The molecule has 1 amide bonds. The van der Waals surface area contributed by atoms with Crippen LogP contribution in [0.4, 0.5) is 13.2 Å². The van der Waals surface area contributed by atoms with Gasteiger partial charge in [0.1, 0.15) is 17.2 Å². The number of phenolic OH excluding ortho intramolecular Hbond substituents is 1. The zero-order valence-electron chi connectivity index (χ0n) is 23.6. The summed E-state index contributed by atoms with van der Waals surface area (Å²) in [6.07, 6.45) is -4.47. The number of carbonyl (C=O) groups is 1. The minimum absolute atomic E-state index is 0.0589. The van der Waals surface area contributed by atoms with Gasteiger partial charge in [-0.2, -0.15) is 23.0 Å². The normalized spacial score (nSPS) is 14.1. The molecule has 10 nitrogen and oxygen atoms in total. The summed E-state index contributed by atoms with van der Waals surface area (Å²) in [5.74, 6) is 0.339. The number of piperazine rings is 1. The van der Waals surface area contributed by atoms with Crippen LogP contribution in [0.1, 0.15) is 32.7 Å². The first kappa shape index (κ1) is 31.0. The Bertz CT molecular complexity index is 1830. The fraction of sp³-hybridized carbons (Fsp3) is 0.267. The van der Waals surface area contributed by atoms with Gasteiger partial charge in [-0.15, -0.1) is 0 Å². The predicted molar refractivity (Wildman–Crippen MR) is 158 cm³/mol. The molecule has 230 valence electrons. The van der Waals surface area contributed by atoms with Crippen LogP contribution >= 0.6 is 15.9 Å². The highest BCUT2D eigenvalue weighted by atomic mass is 79.9. The molecule has 1 saturated heterocycles. The molecule has 0 radical (unpaired) electrons. The number of hydrogen-bond donors (Lipinski definition) is 2. The van der Waals surface area contributed by atoms with Gasteiger partial charge in [-0.1, -0.05) is 18.2 Å². The first-order chi connectivity index (χ1) is 20.8. The topological polar surface area (TPSA) is 121 Å². The molecule has 14 heteroatoms. The Kier molecular flexibility index (Phi) is 8.66. The number of phenols is 1. The van der Waals surface area contributed by atoms with E-state index in [9.17, 15) is 32.7 Å². The van der Waals surface area contributed by atoms with Crippen molar-refractivity contribution in [2.45, 2.75) is 26.6 Å². The zero-order valence-corrected chi connectivity index (χ0v) is 25.2. The number of alkyl halides is 3. The second-order valence-electron chi connectivity index (χ2n) is 10.4. The van der Waals surface area contributed by atoms with Crippen LogP contribution in [0.2, 0.25) is 0 Å². The van der Waals surface area contributed by atoms with Gasteiger partial charge in [-0.3, -0.25) is 19.5 Å². The molecule has 1 aliphatic heterocycles. The van der Waals surface area contributed by atoms with Crippen molar-refractivity contribution in [1.29, 1.82) is 0 Å². The van der Waals surface area contributed by atoms with Crippen molar-refractivity contribution in [3.8, 4) is 22.9 Å². The fourth-order valence-corrected chi connectivity index (χ4v) is 5.39. The van der Waals surface area contributed by atoms with Crippen molar-refractivity contribution in [2.24, 2.45) is 0 Å². The van der Waals surface area contributed by atoms with Crippen LogP contribution < -0.4 is 16.0 Å². The number of aryl methyl sites for hydroxylation is 2. The van der Waals surface area contributed by atoms with Gasteiger partial charge in [0.2, 0.25) is 5.69 Å². The second-order valence-corrected chi connectivity index (χ2v) is 11.2. The molecule has 2 heterocycles. The lowest BCUT2D eigenvalue weighted by Gasteiger charge is -2.34. The molecule has 2 N–H and O–H groups in total. The van der Waals surface area contributed by atoms with Crippen molar-refractivity contribution in [1.82, 2.24) is 24.6 Å². The lowest BCUT2D eigenvalue weighted by atomic mass is 10.1. The number of hydrogen-bond acceptors (Lipinski definition) is 7. The van der Waals surface area contributed by atoms with Gasteiger partial charge in [0, 0.05) is 32.7 Å². The van der Waals surface area contributed by atoms with Crippen LogP contribution in [0.3, 0.4) is 0 Å². The third-order valence-electron chi connectivity index (χ3n) is 7.24. The summed E-state index contributed by atoms with van der Waals surface area (Å²) in [4.78, 5) is 44.1. The molecular formula is C30H27BrF3N5O5. The molecule has 1 aliphatic rings. The first-order valence-electron chi connectivity index (χ1n) is 13.5. The Hall–Kier alpha value is -4.43. The molecule has 4 aromatic rings. The minimum Gasteiger partial charge on any atom is -0.507 e. The van der Waals surface area contributed by atoms with E-state index in [2.05, 4.69) is 26.0 Å². The van der Waals surface area contributed by atoms with Gasteiger partial charge in [0.25, 0.3) is 11.5 Å².